The molecule has 2 aliphatic heterocycles. The van der Waals surface area contributed by atoms with Gasteiger partial charge < -0.3 is 14.5 Å². The van der Waals surface area contributed by atoms with Gasteiger partial charge in [-0.3, -0.25) is 19.4 Å². The molecule has 0 atom stereocenters. The Bertz CT molecular complexity index is 653. The van der Waals surface area contributed by atoms with Crippen molar-refractivity contribution in [2.24, 2.45) is 0 Å². The summed E-state index contributed by atoms with van der Waals surface area (Å²) in [5.74, 6) is 0.248. The van der Waals surface area contributed by atoms with Crippen molar-refractivity contribution < 1.29 is 14.3 Å². The van der Waals surface area contributed by atoms with E-state index in [1.807, 2.05) is 35.2 Å². The normalized spacial score (nSPS) is 18.6. The third-order valence-corrected chi connectivity index (χ3v) is 5.23. The summed E-state index contributed by atoms with van der Waals surface area (Å²) in [6, 6.07) is 9.69. The van der Waals surface area contributed by atoms with Gasteiger partial charge in [-0.2, -0.15) is 0 Å². The molecule has 0 N–H and O–H groups in total. The Kier molecular flexibility index (Phi) is 7.59. The van der Waals surface area contributed by atoms with E-state index in [9.17, 15) is 9.59 Å². The van der Waals surface area contributed by atoms with Crippen LogP contribution in [0.3, 0.4) is 0 Å². The van der Waals surface area contributed by atoms with Crippen LogP contribution in [0.2, 0.25) is 0 Å². The van der Waals surface area contributed by atoms with E-state index in [0.717, 1.165) is 31.9 Å². The maximum absolute atomic E-state index is 12.8. The molecule has 1 aromatic carbocycles. The number of ether oxygens (including phenoxy) is 1. The zero-order valence-corrected chi connectivity index (χ0v) is 16.5. The fraction of sp³-hybridized carbons (Fsp3) is 0.524. The van der Waals surface area contributed by atoms with Gasteiger partial charge in [-0.15, -0.1) is 6.58 Å². The maximum Gasteiger partial charge on any atom is 0.241 e. The summed E-state index contributed by atoms with van der Waals surface area (Å²) in [7, 11) is 0. The smallest absolute Gasteiger partial charge is 0.241 e. The van der Waals surface area contributed by atoms with Crippen LogP contribution in [0.4, 0.5) is 5.69 Å². The highest BCUT2D eigenvalue weighted by Crippen LogP contribution is 2.14. The third kappa shape index (κ3) is 5.64. The zero-order chi connectivity index (χ0) is 19.8. The van der Waals surface area contributed by atoms with Crippen molar-refractivity contribution in [1.82, 2.24) is 14.7 Å². The molecular weight excluding hydrogens is 356 g/mol. The molecule has 2 saturated heterocycles. The van der Waals surface area contributed by atoms with Crippen LogP contribution in [0.1, 0.15) is 0 Å². The van der Waals surface area contributed by atoms with Gasteiger partial charge in [-0.25, -0.2) is 0 Å². The Morgan fingerprint density at radius 1 is 0.964 bits per heavy atom. The number of anilines is 1. The molecule has 0 radical (unpaired) electrons. The van der Waals surface area contributed by atoms with Crippen LogP contribution in [-0.4, -0.2) is 98.6 Å². The molecule has 0 unspecified atom stereocenters. The van der Waals surface area contributed by atoms with Gasteiger partial charge in [0.25, 0.3) is 0 Å². The largest absolute Gasteiger partial charge is 0.378 e. The topological polar surface area (TPSA) is 56.3 Å². The fourth-order valence-electron chi connectivity index (χ4n) is 3.57. The van der Waals surface area contributed by atoms with Gasteiger partial charge in [-0.05, 0) is 12.1 Å². The Hall–Kier alpha value is -2.22. The molecule has 0 bridgehead atoms. The summed E-state index contributed by atoms with van der Waals surface area (Å²) < 4.78 is 5.30. The Labute approximate surface area is 167 Å². The lowest BCUT2D eigenvalue weighted by Gasteiger charge is -2.36. The van der Waals surface area contributed by atoms with Gasteiger partial charge in [0, 0.05) is 51.5 Å². The van der Waals surface area contributed by atoms with Crippen LogP contribution in [0, 0.1) is 0 Å². The quantitative estimate of drug-likeness (QED) is 0.645. The first-order chi connectivity index (χ1) is 13.7. The predicted octanol–water partition coefficient (Wildman–Crippen LogP) is 0.682. The van der Waals surface area contributed by atoms with Crippen LogP contribution >= 0.6 is 0 Å². The van der Waals surface area contributed by atoms with E-state index in [0.29, 0.717) is 45.9 Å². The molecule has 2 fully saturated rings. The van der Waals surface area contributed by atoms with E-state index in [1.54, 1.807) is 11.0 Å². The second kappa shape index (κ2) is 10.4. The van der Waals surface area contributed by atoms with Crippen LogP contribution in [-0.2, 0) is 14.3 Å². The van der Waals surface area contributed by atoms with E-state index >= 15 is 0 Å². The molecular formula is C21H30N4O3. The molecule has 7 heteroatoms. The van der Waals surface area contributed by atoms with Gasteiger partial charge in [0.2, 0.25) is 11.8 Å². The second-order valence-electron chi connectivity index (χ2n) is 7.17. The van der Waals surface area contributed by atoms with Crippen molar-refractivity contribution in [2.45, 2.75) is 0 Å². The first-order valence-corrected chi connectivity index (χ1v) is 9.94. The first-order valence-electron chi connectivity index (χ1n) is 9.94. The molecule has 2 amide bonds. The van der Waals surface area contributed by atoms with Crippen molar-refractivity contribution in [2.75, 3.05) is 77.0 Å². The number of para-hydroxylation sites is 1. The van der Waals surface area contributed by atoms with Crippen LogP contribution < -0.4 is 4.90 Å². The summed E-state index contributed by atoms with van der Waals surface area (Å²) in [5, 5.41) is 0. The lowest BCUT2D eigenvalue weighted by Crippen LogP contribution is -2.53. The molecule has 152 valence electrons. The van der Waals surface area contributed by atoms with Gasteiger partial charge >= 0.3 is 0 Å². The number of rotatable bonds is 7. The maximum atomic E-state index is 12.8. The molecule has 0 aliphatic carbocycles. The molecule has 2 aliphatic rings. The Morgan fingerprint density at radius 2 is 1.57 bits per heavy atom. The molecule has 1 aromatic rings. The number of hydrogen-bond acceptors (Lipinski definition) is 5. The summed E-state index contributed by atoms with van der Waals surface area (Å²) in [4.78, 5) is 33.2. The van der Waals surface area contributed by atoms with Crippen LogP contribution in [0.5, 0.6) is 0 Å². The number of amides is 2. The monoisotopic (exact) mass is 386 g/mol. The SMILES string of the molecule is C=CCN(C(=O)CN1CCN(CC(=O)N2CCOCC2)CC1)c1ccccc1. The molecule has 28 heavy (non-hydrogen) atoms. The van der Waals surface area contributed by atoms with E-state index in [1.165, 1.54) is 0 Å². The zero-order valence-electron chi connectivity index (χ0n) is 16.5. The lowest BCUT2D eigenvalue weighted by molar-refractivity contribution is -0.137. The highest BCUT2D eigenvalue weighted by molar-refractivity contribution is 5.95. The van der Waals surface area contributed by atoms with Crippen molar-refractivity contribution >= 4 is 17.5 Å². The Morgan fingerprint density at radius 3 is 2.18 bits per heavy atom. The number of piperazine rings is 1. The van der Waals surface area contributed by atoms with E-state index in [4.69, 9.17) is 4.74 Å². The fourth-order valence-corrected chi connectivity index (χ4v) is 3.57. The van der Waals surface area contributed by atoms with Crippen molar-refractivity contribution in [3.8, 4) is 0 Å². The van der Waals surface area contributed by atoms with E-state index < -0.39 is 0 Å². The van der Waals surface area contributed by atoms with Crippen molar-refractivity contribution in [3.63, 3.8) is 0 Å². The Balaban J connectivity index is 1.45. The molecule has 7 nitrogen and oxygen atoms in total. The summed E-state index contributed by atoms with van der Waals surface area (Å²) in [6.07, 6.45) is 1.75. The number of hydrogen-bond donors (Lipinski definition) is 0. The van der Waals surface area contributed by atoms with Gasteiger partial charge in [0.15, 0.2) is 0 Å². The number of carbonyl (C=O) groups excluding carboxylic acids is 2. The molecule has 0 spiro atoms. The highest BCUT2D eigenvalue weighted by Gasteiger charge is 2.25. The average Bonchev–Trinajstić information content (AvgIpc) is 2.74. The minimum Gasteiger partial charge on any atom is -0.378 e. The number of carbonyl (C=O) groups is 2. The molecule has 2 heterocycles. The number of nitrogens with zero attached hydrogens (tertiary/aromatic N) is 4. The van der Waals surface area contributed by atoms with Crippen molar-refractivity contribution in [1.29, 1.82) is 0 Å². The summed E-state index contributed by atoms with van der Waals surface area (Å²) in [5.41, 5.74) is 0.891. The summed E-state index contributed by atoms with van der Waals surface area (Å²) in [6.45, 7) is 10.9. The average molecular weight is 386 g/mol. The third-order valence-electron chi connectivity index (χ3n) is 5.23. The molecule has 0 aromatic heterocycles. The van der Waals surface area contributed by atoms with E-state index in [-0.39, 0.29) is 11.8 Å². The molecule has 3 rings (SSSR count). The minimum atomic E-state index is 0.0731. The standard InChI is InChI=1S/C21H30N4O3/c1-2-8-25(19-6-4-3-5-7-19)21(27)18-23-11-9-22(10-12-23)17-20(26)24-13-15-28-16-14-24/h2-7H,1,8-18H2. The molecule has 0 saturated carbocycles. The number of benzene rings is 1. The van der Waals surface area contributed by atoms with Gasteiger partial charge in [0.1, 0.15) is 0 Å². The first kappa shape index (κ1) is 20.5. The number of morpholine rings is 1. The predicted molar refractivity (Wildman–Crippen MR) is 109 cm³/mol. The van der Waals surface area contributed by atoms with Crippen LogP contribution in [0.25, 0.3) is 0 Å². The van der Waals surface area contributed by atoms with Gasteiger partial charge in [0.05, 0.1) is 26.3 Å². The lowest BCUT2D eigenvalue weighted by atomic mass is 10.2. The summed E-state index contributed by atoms with van der Waals surface area (Å²) >= 11 is 0. The van der Waals surface area contributed by atoms with Crippen LogP contribution in [0.15, 0.2) is 43.0 Å². The van der Waals surface area contributed by atoms with Gasteiger partial charge in [-0.1, -0.05) is 24.3 Å². The van der Waals surface area contributed by atoms with E-state index in [2.05, 4.69) is 16.4 Å². The second-order valence-corrected chi connectivity index (χ2v) is 7.17. The van der Waals surface area contributed by atoms with Crippen molar-refractivity contribution in [3.05, 3.63) is 43.0 Å². The highest BCUT2D eigenvalue weighted by atomic mass is 16.5. The minimum absolute atomic E-state index is 0.0731.